The van der Waals surface area contributed by atoms with Crippen LogP contribution in [0.5, 0.6) is 0 Å². The van der Waals surface area contributed by atoms with Gasteiger partial charge >= 0.3 is 6.18 Å². The molecule has 0 saturated heterocycles. The van der Waals surface area contributed by atoms with Gasteiger partial charge in [0.2, 0.25) is 0 Å². The summed E-state index contributed by atoms with van der Waals surface area (Å²) in [6.07, 6.45) is -4.58. The first-order valence-corrected chi connectivity index (χ1v) is 6.31. The van der Waals surface area contributed by atoms with Crippen molar-refractivity contribution in [2.24, 2.45) is 0 Å². The smallest absolute Gasteiger partial charge is 0.393 e. The minimum absolute atomic E-state index is 0.0185. The molecule has 2 unspecified atom stereocenters. The van der Waals surface area contributed by atoms with Crippen LogP contribution >= 0.6 is 15.9 Å². The number of alkyl halides is 3. The highest BCUT2D eigenvalue weighted by Crippen LogP contribution is 2.36. The molecule has 2 atom stereocenters. The van der Waals surface area contributed by atoms with E-state index in [4.69, 9.17) is 0 Å². The minimum atomic E-state index is -4.40. The monoisotopic (exact) mass is 325 g/mol. The Morgan fingerprint density at radius 2 is 1.94 bits per heavy atom. The van der Waals surface area contributed by atoms with Crippen LogP contribution in [0.25, 0.3) is 0 Å². The second kappa shape index (κ2) is 5.93. The Hall–Kier alpha value is -0.750. The zero-order valence-electron chi connectivity index (χ0n) is 10.1. The molecule has 0 saturated carbocycles. The van der Waals surface area contributed by atoms with Crippen molar-refractivity contribution >= 4 is 21.6 Å². The van der Waals surface area contributed by atoms with Crippen molar-refractivity contribution < 1.29 is 18.3 Å². The SMILES string of the molecule is CC(O)CC(C)Nc1cc(Br)ccc1C(F)(F)F. The second-order valence-electron chi connectivity index (χ2n) is 4.32. The van der Waals surface area contributed by atoms with Crippen LogP contribution < -0.4 is 5.32 Å². The van der Waals surface area contributed by atoms with E-state index < -0.39 is 17.8 Å². The summed E-state index contributed by atoms with van der Waals surface area (Å²) in [6.45, 7) is 3.33. The average Bonchev–Trinajstić information content (AvgIpc) is 2.13. The van der Waals surface area contributed by atoms with Gasteiger partial charge in [0, 0.05) is 16.2 Å². The number of anilines is 1. The molecule has 1 aromatic rings. The molecule has 0 bridgehead atoms. The third-order valence-corrected chi connectivity index (χ3v) is 2.88. The molecular formula is C12H15BrF3NO. The second-order valence-corrected chi connectivity index (χ2v) is 5.23. The molecule has 2 N–H and O–H groups in total. The highest BCUT2D eigenvalue weighted by Gasteiger charge is 2.33. The summed E-state index contributed by atoms with van der Waals surface area (Å²) < 4.78 is 38.9. The first kappa shape index (κ1) is 15.3. The van der Waals surface area contributed by atoms with Gasteiger partial charge < -0.3 is 10.4 Å². The van der Waals surface area contributed by atoms with Crippen LogP contribution in [0.2, 0.25) is 0 Å². The van der Waals surface area contributed by atoms with E-state index in [1.807, 2.05) is 0 Å². The molecule has 0 aliphatic carbocycles. The molecule has 0 spiro atoms. The fourth-order valence-electron chi connectivity index (χ4n) is 1.72. The maximum absolute atomic E-state index is 12.8. The van der Waals surface area contributed by atoms with Gasteiger partial charge in [-0.2, -0.15) is 13.2 Å². The van der Waals surface area contributed by atoms with Gasteiger partial charge in [-0.05, 0) is 38.5 Å². The van der Waals surface area contributed by atoms with E-state index >= 15 is 0 Å². The van der Waals surface area contributed by atoms with Crippen molar-refractivity contribution in [1.82, 2.24) is 0 Å². The molecule has 0 aromatic heterocycles. The molecule has 0 fully saturated rings. The van der Waals surface area contributed by atoms with Gasteiger partial charge in [0.25, 0.3) is 0 Å². The van der Waals surface area contributed by atoms with Gasteiger partial charge in [0.15, 0.2) is 0 Å². The molecule has 18 heavy (non-hydrogen) atoms. The Morgan fingerprint density at radius 1 is 1.33 bits per heavy atom. The molecule has 0 aliphatic heterocycles. The molecule has 0 amide bonds. The summed E-state index contributed by atoms with van der Waals surface area (Å²) in [6, 6.07) is 3.52. The van der Waals surface area contributed by atoms with Crippen molar-refractivity contribution in [3.05, 3.63) is 28.2 Å². The maximum atomic E-state index is 12.8. The summed E-state index contributed by atoms with van der Waals surface area (Å²) in [5.41, 5.74) is -0.687. The fraction of sp³-hybridized carbons (Fsp3) is 0.500. The molecule has 6 heteroatoms. The van der Waals surface area contributed by atoms with E-state index in [0.29, 0.717) is 10.9 Å². The lowest BCUT2D eigenvalue weighted by atomic mass is 10.1. The third-order valence-electron chi connectivity index (χ3n) is 2.38. The Morgan fingerprint density at radius 3 is 2.44 bits per heavy atom. The number of nitrogens with one attached hydrogen (secondary N) is 1. The van der Waals surface area contributed by atoms with Crippen LogP contribution in [0.15, 0.2) is 22.7 Å². The van der Waals surface area contributed by atoms with Crippen molar-refractivity contribution in [3.63, 3.8) is 0 Å². The topological polar surface area (TPSA) is 32.3 Å². The van der Waals surface area contributed by atoms with Gasteiger partial charge in [-0.15, -0.1) is 0 Å². The summed E-state index contributed by atoms with van der Waals surface area (Å²) in [4.78, 5) is 0. The lowest BCUT2D eigenvalue weighted by molar-refractivity contribution is -0.137. The first-order valence-electron chi connectivity index (χ1n) is 5.51. The fourth-order valence-corrected chi connectivity index (χ4v) is 2.08. The number of hydrogen-bond donors (Lipinski definition) is 2. The van der Waals surface area contributed by atoms with Gasteiger partial charge in [-0.25, -0.2) is 0 Å². The predicted molar refractivity (Wildman–Crippen MR) is 68.5 cm³/mol. The van der Waals surface area contributed by atoms with Gasteiger partial charge in [0.05, 0.1) is 11.7 Å². The van der Waals surface area contributed by atoms with Crippen LogP contribution in [-0.2, 0) is 6.18 Å². The average molecular weight is 326 g/mol. The highest BCUT2D eigenvalue weighted by molar-refractivity contribution is 9.10. The molecule has 0 radical (unpaired) electrons. The zero-order chi connectivity index (χ0) is 13.9. The van der Waals surface area contributed by atoms with E-state index in [1.54, 1.807) is 13.8 Å². The summed E-state index contributed by atoms with van der Waals surface area (Å²) in [7, 11) is 0. The Bertz CT molecular complexity index is 407. The van der Waals surface area contributed by atoms with E-state index in [9.17, 15) is 18.3 Å². The number of rotatable bonds is 4. The van der Waals surface area contributed by atoms with Crippen LogP contribution in [0.4, 0.5) is 18.9 Å². The lowest BCUT2D eigenvalue weighted by Gasteiger charge is -2.20. The van der Waals surface area contributed by atoms with Crippen LogP contribution in [0.1, 0.15) is 25.8 Å². The van der Waals surface area contributed by atoms with Crippen LogP contribution in [0.3, 0.4) is 0 Å². The lowest BCUT2D eigenvalue weighted by Crippen LogP contribution is -2.22. The Kier molecular flexibility index (Phi) is 5.04. The van der Waals surface area contributed by atoms with Crippen LogP contribution in [-0.4, -0.2) is 17.3 Å². The molecular weight excluding hydrogens is 311 g/mol. The van der Waals surface area contributed by atoms with E-state index in [0.717, 1.165) is 6.07 Å². The minimum Gasteiger partial charge on any atom is -0.393 e. The van der Waals surface area contributed by atoms with Gasteiger partial charge in [-0.3, -0.25) is 0 Å². The van der Waals surface area contributed by atoms with E-state index in [2.05, 4.69) is 21.2 Å². The van der Waals surface area contributed by atoms with Gasteiger partial charge in [-0.1, -0.05) is 15.9 Å². The van der Waals surface area contributed by atoms with Crippen molar-refractivity contribution in [2.45, 2.75) is 38.6 Å². The number of halogens is 4. The molecule has 0 aliphatic rings. The Labute approximate surface area is 112 Å². The summed E-state index contributed by atoms with van der Waals surface area (Å²) in [5.74, 6) is 0. The number of aliphatic hydroxyl groups excluding tert-OH is 1. The number of benzene rings is 1. The summed E-state index contributed by atoms with van der Waals surface area (Å²) >= 11 is 3.15. The molecule has 2 nitrogen and oxygen atoms in total. The van der Waals surface area contributed by atoms with Crippen LogP contribution in [0, 0.1) is 0 Å². The van der Waals surface area contributed by atoms with E-state index in [-0.39, 0.29) is 11.7 Å². The summed E-state index contributed by atoms with van der Waals surface area (Å²) in [5, 5.41) is 12.0. The standard InChI is InChI=1S/C12H15BrF3NO/c1-7(5-8(2)18)17-11-6-9(13)3-4-10(11)12(14,15)16/h3-4,6-8,17-18H,5H2,1-2H3. The van der Waals surface area contributed by atoms with Crippen molar-refractivity contribution in [3.8, 4) is 0 Å². The molecule has 0 heterocycles. The van der Waals surface area contributed by atoms with Crippen molar-refractivity contribution in [2.75, 3.05) is 5.32 Å². The molecule has 102 valence electrons. The van der Waals surface area contributed by atoms with Crippen molar-refractivity contribution in [1.29, 1.82) is 0 Å². The highest BCUT2D eigenvalue weighted by atomic mass is 79.9. The van der Waals surface area contributed by atoms with E-state index in [1.165, 1.54) is 12.1 Å². The largest absolute Gasteiger partial charge is 0.418 e. The Balaban J connectivity index is 2.96. The zero-order valence-corrected chi connectivity index (χ0v) is 11.6. The molecule has 1 rings (SSSR count). The molecule has 1 aromatic carbocycles. The first-order chi connectivity index (χ1) is 8.20. The normalized spacial score (nSPS) is 15.3. The third kappa shape index (κ3) is 4.49. The number of aliphatic hydroxyl groups is 1. The maximum Gasteiger partial charge on any atom is 0.418 e. The van der Waals surface area contributed by atoms with Gasteiger partial charge in [0.1, 0.15) is 0 Å². The predicted octanol–water partition coefficient (Wildman–Crippen LogP) is 4.04. The quantitative estimate of drug-likeness (QED) is 0.875. The number of hydrogen-bond acceptors (Lipinski definition) is 2.